The summed E-state index contributed by atoms with van der Waals surface area (Å²) in [5.41, 5.74) is 7.06. The maximum atomic E-state index is 5.85. The molecule has 0 saturated heterocycles. The van der Waals surface area contributed by atoms with Crippen LogP contribution in [0.1, 0.15) is 25.5 Å². The number of hydrogen-bond donors (Lipinski definition) is 1. The van der Waals surface area contributed by atoms with Crippen LogP contribution in [0, 0.1) is 0 Å². The molecule has 16 heavy (non-hydrogen) atoms. The van der Waals surface area contributed by atoms with E-state index in [0.717, 1.165) is 5.75 Å². The van der Waals surface area contributed by atoms with Gasteiger partial charge in [-0.05, 0) is 38.6 Å². The summed E-state index contributed by atoms with van der Waals surface area (Å²) in [6.45, 7) is 4.95. The van der Waals surface area contributed by atoms with Gasteiger partial charge in [-0.15, -0.1) is 0 Å². The first-order valence-electron chi connectivity index (χ1n) is 5.66. The normalized spacial score (nSPS) is 13.2. The molecule has 2 N–H and O–H groups in total. The summed E-state index contributed by atoms with van der Waals surface area (Å²) in [5.74, 6) is 0.883. The van der Waals surface area contributed by atoms with E-state index < -0.39 is 0 Å². The van der Waals surface area contributed by atoms with Crippen LogP contribution in [0.4, 0.5) is 0 Å². The predicted molar refractivity (Wildman–Crippen MR) is 67.7 cm³/mol. The predicted octanol–water partition coefficient (Wildman–Crippen LogP) is 2.04. The highest BCUT2D eigenvalue weighted by molar-refractivity contribution is 5.30. The van der Waals surface area contributed by atoms with Crippen LogP contribution >= 0.6 is 0 Å². The lowest BCUT2D eigenvalue weighted by molar-refractivity contribution is 0.201. The van der Waals surface area contributed by atoms with Gasteiger partial charge in [0.05, 0.1) is 7.11 Å². The number of methoxy groups -OCH3 is 1. The summed E-state index contributed by atoms with van der Waals surface area (Å²) in [5, 5.41) is 0. The maximum Gasteiger partial charge on any atom is 0.119 e. The largest absolute Gasteiger partial charge is 0.497 e. The van der Waals surface area contributed by atoms with E-state index in [2.05, 4.69) is 37.9 Å². The lowest BCUT2D eigenvalue weighted by atomic mass is 10.0. The van der Waals surface area contributed by atoms with Crippen molar-refractivity contribution in [2.45, 2.75) is 25.9 Å². The molecule has 0 aliphatic heterocycles. The van der Waals surface area contributed by atoms with Crippen LogP contribution in [0.2, 0.25) is 0 Å². The van der Waals surface area contributed by atoms with Gasteiger partial charge in [0.2, 0.25) is 0 Å². The van der Waals surface area contributed by atoms with Crippen molar-refractivity contribution < 1.29 is 4.74 Å². The highest BCUT2D eigenvalue weighted by Gasteiger charge is 2.17. The van der Waals surface area contributed by atoms with Crippen LogP contribution in [0.3, 0.4) is 0 Å². The molecule has 0 fully saturated rings. The van der Waals surface area contributed by atoms with Crippen LogP contribution < -0.4 is 10.5 Å². The van der Waals surface area contributed by atoms with Crippen molar-refractivity contribution in [2.75, 3.05) is 20.7 Å². The van der Waals surface area contributed by atoms with Crippen molar-refractivity contribution in [1.82, 2.24) is 4.90 Å². The molecule has 0 heterocycles. The summed E-state index contributed by atoms with van der Waals surface area (Å²) in [6.07, 6.45) is 0. The molecule has 1 aromatic carbocycles. The van der Waals surface area contributed by atoms with Crippen LogP contribution in [0.25, 0.3) is 0 Å². The average molecular weight is 222 g/mol. The summed E-state index contributed by atoms with van der Waals surface area (Å²) >= 11 is 0. The van der Waals surface area contributed by atoms with Gasteiger partial charge in [0.1, 0.15) is 5.75 Å². The fourth-order valence-corrected chi connectivity index (χ4v) is 1.75. The van der Waals surface area contributed by atoms with Gasteiger partial charge < -0.3 is 10.5 Å². The third-order valence-corrected chi connectivity index (χ3v) is 3.01. The van der Waals surface area contributed by atoms with Crippen LogP contribution in [0.5, 0.6) is 5.75 Å². The van der Waals surface area contributed by atoms with Gasteiger partial charge >= 0.3 is 0 Å². The quantitative estimate of drug-likeness (QED) is 0.828. The molecule has 0 spiro atoms. The number of nitrogens with two attached hydrogens (primary N) is 1. The topological polar surface area (TPSA) is 38.5 Å². The first-order chi connectivity index (χ1) is 7.60. The minimum absolute atomic E-state index is 0.245. The van der Waals surface area contributed by atoms with Gasteiger partial charge in [-0.25, -0.2) is 0 Å². The summed E-state index contributed by atoms with van der Waals surface area (Å²) in [4.78, 5) is 2.27. The highest BCUT2D eigenvalue weighted by atomic mass is 16.5. The van der Waals surface area contributed by atoms with Crippen LogP contribution in [0.15, 0.2) is 24.3 Å². The summed E-state index contributed by atoms with van der Waals surface area (Å²) in [7, 11) is 3.78. The smallest absolute Gasteiger partial charge is 0.119 e. The van der Waals surface area contributed by atoms with Gasteiger partial charge in [0.15, 0.2) is 0 Å². The SMILES string of the molecule is COc1cccc(C(CN)N(C)C(C)C)c1. The third kappa shape index (κ3) is 2.97. The number of nitrogens with zero attached hydrogens (tertiary/aromatic N) is 1. The maximum absolute atomic E-state index is 5.85. The van der Waals surface area contributed by atoms with Crippen molar-refractivity contribution >= 4 is 0 Å². The molecule has 3 heteroatoms. The molecule has 0 aliphatic rings. The molecule has 1 unspecified atom stereocenters. The van der Waals surface area contributed by atoms with E-state index in [-0.39, 0.29) is 6.04 Å². The number of ether oxygens (including phenoxy) is 1. The molecule has 0 saturated carbocycles. The van der Waals surface area contributed by atoms with Gasteiger partial charge in [-0.1, -0.05) is 12.1 Å². The third-order valence-electron chi connectivity index (χ3n) is 3.01. The van der Waals surface area contributed by atoms with E-state index in [0.29, 0.717) is 12.6 Å². The van der Waals surface area contributed by atoms with Gasteiger partial charge in [0, 0.05) is 18.6 Å². The number of rotatable bonds is 5. The second kappa shape index (κ2) is 5.87. The van der Waals surface area contributed by atoms with Gasteiger partial charge in [-0.3, -0.25) is 4.90 Å². The fraction of sp³-hybridized carbons (Fsp3) is 0.538. The molecule has 0 aliphatic carbocycles. The Balaban J connectivity index is 2.94. The van der Waals surface area contributed by atoms with Crippen LogP contribution in [-0.2, 0) is 0 Å². The van der Waals surface area contributed by atoms with Crippen molar-refractivity contribution in [2.24, 2.45) is 5.73 Å². The molecule has 1 atom stereocenters. The summed E-state index contributed by atoms with van der Waals surface area (Å²) in [6, 6.07) is 8.82. The van der Waals surface area contributed by atoms with Crippen LogP contribution in [-0.4, -0.2) is 31.6 Å². The summed E-state index contributed by atoms with van der Waals surface area (Å²) < 4.78 is 5.23. The molecule has 1 rings (SSSR count). The number of hydrogen-bond acceptors (Lipinski definition) is 3. The first-order valence-corrected chi connectivity index (χ1v) is 5.66. The molecule has 0 aromatic heterocycles. The van der Waals surface area contributed by atoms with Gasteiger partial charge in [0.25, 0.3) is 0 Å². The molecular formula is C13H22N2O. The molecule has 90 valence electrons. The Labute approximate surface area is 98.2 Å². The Morgan fingerprint density at radius 3 is 2.56 bits per heavy atom. The van der Waals surface area contributed by atoms with Crippen molar-refractivity contribution in [3.8, 4) is 5.75 Å². The lowest BCUT2D eigenvalue weighted by Gasteiger charge is -2.30. The molecule has 0 radical (unpaired) electrons. The number of likely N-dealkylation sites (N-methyl/N-ethyl adjacent to an activating group) is 1. The number of benzene rings is 1. The lowest BCUT2D eigenvalue weighted by Crippen LogP contribution is -2.35. The second-order valence-electron chi connectivity index (χ2n) is 4.29. The Bertz CT molecular complexity index is 325. The van der Waals surface area contributed by atoms with E-state index in [1.54, 1.807) is 7.11 Å². The zero-order chi connectivity index (χ0) is 12.1. The van der Waals surface area contributed by atoms with Crippen molar-refractivity contribution in [3.05, 3.63) is 29.8 Å². The Morgan fingerprint density at radius 1 is 1.38 bits per heavy atom. The van der Waals surface area contributed by atoms with E-state index in [1.165, 1.54) is 5.56 Å². The zero-order valence-electron chi connectivity index (χ0n) is 10.6. The second-order valence-corrected chi connectivity index (χ2v) is 4.29. The standard InChI is InChI=1S/C13H22N2O/c1-10(2)15(3)13(9-14)11-6-5-7-12(8-11)16-4/h5-8,10,13H,9,14H2,1-4H3. The monoisotopic (exact) mass is 222 g/mol. The molecule has 0 amide bonds. The molecule has 1 aromatic rings. The Kier molecular flexibility index (Phi) is 4.77. The van der Waals surface area contributed by atoms with E-state index in [9.17, 15) is 0 Å². The van der Waals surface area contributed by atoms with Crippen molar-refractivity contribution in [1.29, 1.82) is 0 Å². The average Bonchev–Trinajstić information content (AvgIpc) is 2.30. The molecular weight excluding hydrogens is 200 g/mol. The molecule has 3 nitrogen and oxygen atoms in total. The van der Waals surface area contributed by atoms with E-state index in [1.807, 2.05) is 12.1 Å². The molecule has 0 bridgehead atoms. The fourth-order valence-electron chi connectivity index (χ4n) is 1.75. The Hall–Kier alpha value is -1.06. The highest BCUT2D eigenvalue weighted by Crippen LogP contribution is 2.23. The van der Waals surface area contributed by atoms with E-state index >= 15 is 0 Å². The Morgan fingerprint density at radius 2 is 2.06 bits per heavy atom. The van der Waals surface area contributed by atoms with Crippen molar-refractivity contribution in [3.63, 3.8) is 0 Å². The zero-order valence-corrected chi connectivity index (χ0v) is 10.6. The van der Waals surface area contributed by atoms with Gasteiger partial charge in [-0.2, -0.15) is 0 Å². The van der Waals surface area contributed by atoms with E-state index in [4.69, 9.17) is 10.5 Å². The first kappa shape index (κ1) is 13.0. The minimum atomic E-state index is 0.245. The minimum Gasteiger partial charge on any atom is -0.497 e.